The fourth-order valence-electron chi connectivity index (χ4n) is 2.88. The summed E-state index contributed by atoms with van der Waals surface area (Å²) in [6.45, 7) is 3.75. The third kappa shape index (κ3) is 5.51. The normalized spacial score (nSPS) is 11.5. The molecule has 0 aliphatic rings. The molecule has 4 aromatic rings. The van der Waals surface area contributed by atoms with Crippen molar-refractivity contribution >= 4 is 34.3 Å². The molecule has 0 amide bonds. The van der Waals surface area contributed by atoms with Crippen molar-refractivity contribution < 1.29 is 4.74 Å². The summed E-state index contributed by atoms with van der Waals surface area (Å²) >= 11 is 1.41. The lowest BCUT2D eigenvalue weighted by atomic mass is 10.2. The zero-order valence-electron chi connectivity index (χ0n) is 17.5. The van der Waals surface area contributed by atoms with Gasteiger partial charge in [0.2, 0.25) is 0 Å². The number of nitrogens with one attached hydrogen (secondary N) is 4. The van der Waals surface area contributed by atoms with Gasteiger partial charge in [0.1, 0.15) is 5.82 Å². The second-order valence-electron chi connectivity index (χ2n) is 7.33. The van der Waals surface area contributed by atoms with Crippen molar-refractivity contribution in [3.8, 4) is 0 Å². The standard InChI is InChI=1S/C20H24N8O2S/c1-12-8-18(26-24-12)22-17-9-13(11-30-7-6-28(2)3)21-20(23-17)31-14-4-5-15-16(10-14)25-27-19(15)29/h4-5,8-10H,6-7,11H2,1-3H3,(H2,25,27,29)(H2,21,22,23,24,26). The van der Waals surface area contributed by atoms with Gasteiger partial charge in [0.25, 0.3) is 5.56 Å². The third-order valence-corrected chi connectivity index (χ3v) is 5.26. The van der Waals surface area contributed by atoms with Crippen LogP contribution < -0.4 is 10.9 Å². The molecule has 10 nitrogen and oxygen atoms in total. The molecule has 0 bridgehead atoms. The molecule has 0 atom stereocenters. The Balaban J connectivity index is 1.56. The van der Waals surface area contributed by atoms with Crippen molar-refractivity contribution in [2.45, 2.75) is 23.6 Å². The van der Waals surface area contributed by atoms with E-state index in [2.05, 4.69) is 40.6 Å². The van der Waals surface area contributed by atoms with Gasteiger partial charge >= 0.3 is 0 Å². The Morgan fingerprint density at radius 2 is 2.00 bits per heavy atom. The van der Waals surface area contributed by atoms with Gasteiger partial charge in [0.05, 0.1) is 29.8 Å². The molecule has 0 fully saturated rings. The second-order valence-corrected chi connectivity index (χ2v) is 8.37. The summed E-state index contributed by atoms with van der Waals surface area (Å²) in [6.07, 6.45) is 0. The SMILES string of the molecule is Cc1cc(Nc2cc(COCCN(C)C)nc(Sc3ccc4c(=O)[nH][nH]c4c3)n2)n[nH]1. The predicted molar refractivity (Wildman–Crippen MR) is 120 cm³/mol. The molecule has 162 valence electrons. The van der Waals surface area contributed by atoms with Gasteiger partial charge in [-0.2, -0.15) is 5.10 Å². The molecular formula is C20H24N8O2S. The number of hydrogen-bond acceptors (Lipinski definition) is 8. The fraction of sp³-hybridized carbons (Fsp3) is 0.300. The smallest absolute Gasteiger partial charge is 0.271 e. The van der Waals surface area contributed by atoms with Crippen LogP contribution in [0.2, 0.25) is 0 Å². The van der Waals surface area contributed by atoms with E-state index in [1.165, 1.54) is 11.8 Å². The van der Waals surface area contributed by atoms with Crippen molar-refractivity contribution in [2.24, 2.45) is 0 Å². The van der Waals surface area contributed by atoms with E-state index in [1.54, 1.807) is 6.07 Å². The fourth-order valence-corrected chi connectivity index (χ4v) is 3.71. The first-order valence-corrected chi connectivity index (χ1v) is 10.6. The molecule has 3 heterocycles. The average molecular weight is 441 g/mol. The first kappa shape index (κ1) is 21.1. The van der Waals surface area contributed by atoms with E-state index in [0.717, 1.165) is 28.3 Å². The maximum Gasteiger partial charge on any atom is 0.271 e. The number of rotatable bonds is 9. The van der Waals surface area contributed by atoms with Crippen molar-refractivity contribution in [1.82, 2.24) is 35.3 Å². The van der Waals surface area contributed by atoms with E-state index in [9.17, 15) is 4.79 Å². The second kappa shape index (κ2) is 9.33. The van der Waals surface area contributed by atoms with Crippen LogP contribution >= 0.6 is 11.8 Å². The minimum absolute atomic E-state index is 0.138. The van der Waals surface area contributed by atoms with Gasteiger partial charge in [-0.3, -0.25) is 20.1 Å². The van der Waals surface area contributed by atoms with E-state index >= 15 is 0 Å². The number of fused-ring (bicyclic) bond motifs is 1. The lowest BCUT2D eigenvalue weighted by Gasteiger charge is -2.11. The Bertz CT molecular complexity index is 1230. The van der Waals surface area contributed by atoms with Crippen LogP contribution in [0, 0.1) is 6.92 Å². The zero-order valence-corrected chi connectivity index (χ0v) is 18.3. The van der Waals surface area contributed by atoms with E-state index in [4.69, 9.17) is 4.74 Å². The predicted octanol–water partition coefficient (Wildman–Crippen LogP) is 2.65. The summed E-state index contributed by atoms with van der Waals surface area (Å²) in [4.78, 5) is 24.0. The van der Waals surface area contributed by atoms with Crippen LogP contribution in [-0.2, 0) is 11.3 Å². The summed E-state index contributed by atoms with van der Waals surface area (Å²) in [5.41, 5.74) is 2.32. The monoisotopic (exact) mass is 440 g/mol. The summed E-state index contributed by atoms with van der Waals surface area (Å²) < 4.78 is 5.77. The van der Waals surface area contributed by atoms with Gasteiger partial charge < -0.3 is 15.0 Å². The Kier molecular flexibility index (Phi) is 6.35. The van der Waals surface area contributed by atoms with Gasteiger partial charge in [-0.25, -0.2) is 9.97 Å². The number of nitrogens with zero attached hydrogens (tertiary/aromatic N) is 4. The van der Waals surface area contributed by atoms with E-state index in [1.807, 2.05) is 45.3 Å². The van der Waals surface area contributed by atoms with Crippen LogP contribution in [-0.4, -0.2) is 62.5 Å². The lowest BCUT2D eigenvalue weighted by Crippen LogP contribution is -2.18. The van der Waals surface area contributed by atoms with Gasteiger partial charge in [-0.05, 0) is 51.0 Å². The molecule has 0 radical (unpaired) electrons. The number of aryl methyl sites for hydroxylation is 1. The molecule has 1 aromatic carbocycles. The molecule has 11 heteroatoms. The summed E-state index contributed by atoms with van der Waals surface area (Å²) in [6, 6.07) is 9.32. The molecular weight excluding hydrogens is 416 g/mol. The minimum Gasteiger partial charge on any atom is -0.374 e. The maximum absolute atomic E-state index is 11.7. The summed E-state index contributed by atoms with van der Waals surface area (Å²) in [5.74, 6) is 1.31. The van der Waals surface area contributed by atoms with E-state index in [0.29, 0.717) is 35.4 Å². The van der Waals surface area contributed by atoms with Crippen molar-refractivity contribution in [3.05, 3.63) is 52.1 Å². The van der Waals surface area contributed by atoms with E-state index in [-0.39, 0.29) is 5.56 Å². The Labute approximate surface area is 182 Å². The summed E-state index contributed by atoms with van der Waals surface area (Å²) in [7, 11) is 4.01. The first-order valence-electron chi connectivity index (χ1n) is 9.74. The highest BCUT2D eigenvalue weighted by Gasteiger charge is 2.10. The molecule has 0 aliphatic heterocycles. The average Bonchev–Trinajstić information content (AvgIpc) is 3.30. The quantitative estimate of drug-likeness (QED) is 0.231. The van der Waals surface area contributed by atoms with Gasteiger partial charge in [0, 0.05) is 29.3 Å². The van der Waals surface area contributed by atoms with Crippen LogP contribution in [0.5, 0.6) is 0 Å². The highest BCUT2D eigenvalue weighted by Crippen LogP contribution is 2.28. The molecule has 0 saturated heterocycles. The van der Waals surface area contributed by atoms with Crippen LogP contribution in [0.25, 0.3) is 10.9 Å². The molecule has 3 aromatic heterocycles. The number of H-pyrrole nitrogens is 3. The molecule has 4 N–H and O–H groups in total. The molecule has 31 heavy (non-hydrogen) atoms. The first-order chi connectivity index (χ1) is 15.0. The summed E-state index contributed by atoms with van der Waals surface area (Å²) in [5, 5.41) is 17.0. The van der Waals surface area contributed by atoms with Crippen molar-refractivity contribution in [2.75, 3.05) is 32.6 Å². The van der Waals surface area contributed by atoms with Crippen LogP contribution in [0.1, 0.15) is 11.4 Å². The third-order valence-electron chi connectivity index (χ3n) is 4.41. The lowest BCUT2D eigenvalue weighted by molar-refractivity contribution is 0.103. The number of anilines is 2. The number of likely N-dealkylation sites (N-methyl/N-ethyl adjacent to an activating group) is 1. The number of aromatic amines is 3. The number of hydrogen-bond donors (Lipinski definition) is 4. The minimum atomic E-state index is -0.138. The molecule has 4 rings (SSSR count). The molecule has 0 spiro atoms. The maximum atomic E-state index is 11.7. The van der Waals surface area contributed by atoms with Gasteiger partial charge in [0.15, 0.2) is 11.0 Å². The van der Waals surface area contributed by atoms with Gasteiger partial charge in [-0.15, -0.1) is 0 Å². The van der Waals surface area contributed by atoms with E-state index < -0.39 is 0 Å². The number of aromatic nitrogens is 6. The topological polar surface area (TPSA) is 128 Å². The number of benzene rings is 1. The molecule has 0 saturated carbocycles. The van der Waals surface area contributed by atoms with Crippen LogP contribution in [0.15, 0.2) is 45.2 Å². The molecule has 0 unspecified atom stereocenters. The van der Waals surface area contributed by atoms with Crippen LogP contribution in [0.3, 0.4) is 0 Å². The van der Waals surface area contributed by atoms with Gasteiger partial charge in [-0.1, -0.05) is 0 Å². The molecule has 0 aliphatic carbocycles. The number of ether oxygens (including phenoxy) is 1. The highest BCUT2D eigenvalue weighted by molar-refractivity contribution is 7.99. The zero-order chi connectivity index (χ0) is 21.8. The highest BCUT2D eigenvalue weighted by atomic mass is 32.2. The largest absolute Gasteiger partial charge is 0.374 e. The Hall–Kier alpha value is -3.15. The Morgan fingerprint density at radius 1 is 1.13 bits per heavy atom. The van der Waals surface area contributed by atoms with Crippen molar-refractivity contribution in [3.63, 3.8) is 0 Å². The van der Waals surface area contributed by atoms with Crippen molar-refractivity contribution in [1.29, 1.82) is 0 Å². The Morgan fingerprint density at radius 3 is 2.77 bits per heavy atom. The van der Waals surface area contributed by atoms with Crippen LogP contribution in [0.4, 0.5) is 11.6 Å².